The number of rotatable bonds is 32. The molecule has 2 unspecified atom stereocenters. The van der Waals surface area contributed by atoms with Gasteiger partial charge in [-0.05, 0) is 216 Å². The summed E-state index contributed by atoms with van der Waals surface area (Å²) < 4.78 is 67.1. The van der Waals surface area contributed by atoms with Crippen molar-refractivity contribution >= 4 is 105 Å². The molecule has 7 N–H and O–H groups in total. The zero-order valence-electron chi connectivity index (χ0n) is 78.9. The first-order valence-corrected chi connectivity index (χ1v) is 46.4. The maximum Gasteiger partial charge on any atom is 0.441 e. The standard InChI is InChI=1S/C41H43N7O3.C36H38N8O4S.C22H22F3N11O2S/c1-26-18-19-30(40(5,6)24-39(2,3)4)22-29(26)21-27-14-13-15-28(20-27)34-44-45-35-32(23-42)33(43-9)36(47(34)35)51-38(50)48-37(49)41(7,8)25-46(48)31-16-11-10-12-17-31;1-5-28(48-29-18-17-23(3)21-24(29)4)33(45)37-20-19-30-38-39-32-31(35(46)47-6-2)27(22-25-13-9-7-10-14-25)34(43(30)32)49-36-40-41-42-44(36)26-15-11-8-12-16-26;1-4-12(2)18-29-20-17(16(22(23,24)25)19(26-3)36(20)32-18)39-21-31-33-34-35(21)10-9-15(38)28-13-5-7-14(8-6-13)30-27-11-37/h10-20,22,45H,21,24-25H2,1-8H3;7-18,21,28,39H,5-6,19-20,22H2,1-4H3,(H,37,45);5-8,11-12,30H,4,9-10H2,1-2H3,(H,27,37)(H,28,38)(H,29,32). The van der Waals surface area contributed by atoms with Gasteiger partial charge in [0.15, 0.2) is 11.9 Å². The monoisotopic (exact) mass is 1920 g/mol. The molecule has 8 aromatic heterocycles. The van der Waals surface area contributed by atoms with Gasteiger partial charge < -0.3 is 29.7 Å². The number of nitriles is 1. The topological polar surface area (TPSA) is 404 Å². The second-order valence-electron chi connectivity index (χ2n) is 35.7. The molecular weight excluding hydrogens is 1820 g/mol. The molecule has 1 aliphatic heterocycles. The van der Waals surface area contributed by atoms with E-state index in [1.54, 1.807) is 66.9 Å². The number of fused-ring (bicyclic) bond motifs is 3. The molecule has 0 aliphatic carbocycles. The van der Waals surface area contributed by atoms with Crippen molar-refractivity contribution in [3.05, 3.63) is 272 Å². The number of hydrogen-bond donors (Lipinski definition) is 7. The van der Waals surface area contributed by atoms with Crippen molar-refractivity contribution in [1.29, 1.82) is 5.26 Å². The number of imide groups is 1. The van der Waals surface area contributed by atoms with Crippen LogP contribution in [0.4, 0.5) is 46.5 Å². The minimum atomic E-state index is -4.83. The van der Waals surface area contributed by atoms with Crippen LogP contribution in [0.5, 0.6) is 11.6 Å². The number of halogens is 3. The summed E-state index contributed by atoms with van der Waals surface area (Å²) in [4.78, 5) is 87.9. The van der Waals surface area contributed by atoms with Crippen LogP contribution >= 0.6 is 23.5 Å². The number of carbonyl (C=O) groups excluding carboxylic acids is 6. The highest BCUT2D eigenvalue weighted by Gasteiger charge is 2.50. The van der Waals surface area contributed by atoms with Crippen LogP contribution in [0.3, 0.4) is 0 Å². The first-order chi connectivity index (χ1) is 66.6. The van der Waals surface area contributed by atoms with E-state index in [1.165, 1.54) is 37.5 Å². The second-order valence-corrected chi connectivity index (χ2v) is 37.6. The van der Waals surface area contributed by atoms with Crippen LogP contribution in [0.25, 0.3) is 43.7 Å². The number of amides is 5. The number of nitrogens with zero attached hydrogens (tertiary/aromatic N) is 19. The third-order valence-electron chi connectivity index (χ3n) is 23.2. The average molecular weight is 1920 g/mol. The van der Waals surface area contributed by atoms with Crippen LogP contribution in [-0.4, -0.2) is 151 Å². The van der Waals surface area contributed by atoms with Crippen molar-refractivity contribution in [3.8, 4) is 34.8 Å². The summed E-state index contributed by atoms with van der Waals surface area (Å²) >= 11 is 1.96. The summed E-state index contributed by atoms with van der Waals surface area (Å²) in [6, 6.07) is 57.7. The van der Waals surface area contributed by atoms with Crippen molar-refractivity contribution in [2.75, 3.05) is 35.4 Å². The molecule has 1 fully saturated rings. The number of aromatic amines is 3. The van der Waals surface area contributed by atoms with Gasteiger partial charge >= 0.3 is 18.2 Å². The molecule has 0 saturated carbocycles. The number of esters is 1. The highest BCUT2D eigenvalue weighted by molar-refractivity contribution is 7.99. The molecule has 1 aliphatic rings. The Balaban J connectivity index is 0.000000168. The maximum absolute atomic E-state index is 14.1. The summed E-state index contributed by atoms with van der Waals surface area (Å²) in [6.07, 6.45) is -2.33. The lowest BCUT2D eigenvalue weighted by Gasteiger charge is -2.33. The number of aromatic nitrogens is 17. The van der Waals surface area contributed by atoms with E-state index >= 15 is 0 Å². The molecule has 15 aromatic rings. The first-order valence-electron chi connectivity index (χ1n) is 44.8. The number of hydrazine groups is 2. The third kappa shape index (κ3) is 22.3. The zero-order chi connectivity index (χ0) is 99.4. The molecule has 0 radical (unpaired) electrons. The molecule has 5 amide bonds. The van der Waals surface area contributed by atoms with Gasteiger partial charge in [-0.1, -0.05) is 183 Å². The van der Waals surface area contributed by atoms with Gasteiger partial charge in [0.05, 0.1) is 70.3 Å². The molecule has 7 aromatic carbocycles. The summed E-state index contributed by atoms with van der Waals surface area (Å²) in [6.45, 7) is 44.6. The minimum Gasteiger partial charge on any atom is -0.480 e. The van der Waals surface area contributed by atoms with Gasteiger partial charge in [0.1, 0.15) is 39.8 Å². The Kier molecular flexibility index (Phi) is 30.3. The first kappa shape index (κ1) is 99.1. The van der Waals surface area contributed by atoms with Crippen LogP contribution in [0.1, 0.15) is 185 Å². The van der Waals surface area contributed by atoms with Gasteiger partial charge in [-0.2, -0.15) is 47.8 Å². The summed E-state index contributed by atoms with van der Waals surface area (Å²) in [5, 5.41) is 61.2. The van der Waals surface area contributed by atoms with Crippen LogP contribution in [0.2, 0.25) is 0 Å². The number of aryl methyl sites for hydroxylation is 4. The molecule has 0 spiro atoms. The number of carbonyl (C=O) groups is 6. The van der Waals surface area contributed by atoms with Gasteiger partial charge in [0.2, 0.25) is 34.2 Å². The highest BCUT2D eigenvalue weighted by atomic mass is 32.2. The lowest BCUT2D eigenvalue weighted by Crippen LogP contribution is -2.45. The van der Waals surface area contributed by atoms with E-state index in [-0.39, 0.29) is 93.2 Å². The number of benzene rings is 7. The van der Waals surface area contributed by atoms with E-state index in [2.05, 4.69) is 165 Å². The molecular formula is C99H103F3N26O9S2. The third-order valence-corrected chi connectivity index (χ3v) is 25.3. The lowest BCUT2D eigenvalue weighted by molar-refractivity contribution is -0.138. The number of para-hydroxylation sites is 2. The van der Waals surface area contributed by atoms with E-state index in [4.69, 9.17) is 27.4 Å². The number of alkyl halides is 3. The Morgan fingerprint density at radius 2 is 1.43 bits per heavy atom. The Bertz CT molecular complexity index is 7150. The predicted octanol–water partition coefficient (Wildman–Crippen LogP) is 18.8. The van der Waals surface area contributed by atoms with E-state index in [9.17, 15) is 47.2 Å². The number of hydrogen-bond acceptors (Lipinski definition) is 23. The number of H-pyrrole nitrogens is 3. The quantitative estimate of drug-likeness (QED) is 0.00891. The van der Waals surface area contributed by atoms with Crippen molar-refractivity contribution in [1.82, 2.24) is 100.0 Å². The molecule has 40 heteroatoms. The smallest absolute Gasteiger partial charge is 0.441 e. The Labute approximate surface area is 806 Å². The van der Waals surface area contributed by atoms with Gasteiger partial charge in [-0.3, -0.25) is 54.0 Å². The van der Waals surface area contributed by atoms with E-state index < -0.39 is 47.0 Å². The van der Waals surface area contributed by atoms with E-state index in [1.807, 2.05) is 154 Å². The van der Waals surface area contributed by atoms with Crippen molar-refractivity contribution in [2.45, 2.75) is 192 Å². The number of ether oxygens (including phenoxy) is 3. The van der Waals surface area contributed by atoms with E-state index in [0.29, 0.717) is 124 Å². The van der Waals surface area contributed by atoms with Crippen LogP contribution in [-0.2, 0) is 61.3 Å². The fraction of sp³-hybridized carbons (Fsp3) is 0.313. The van der Waals surface area contributed by atoms with Gasteiger partial charge in [0.25, 0.3) is 23.3 Å². The Morgan fingerprint density at radius 1 is 0.748 bits per heavy atom. The molecule has 2 atom stereocenters. The number of tetrazole rings is 2. The van der Waals surface area contributed by atoms with Crippen LogP contribution in [0.15, 0.2) is 196 Å². The fourth-order valence-corrected chi connectivity index (χ4v) is 18.6. The van der Waals surface area contributed by atoms with Crippen molar-refractivity contribution < 1.29 is 56.1 Å². The Morgan fingerprint density at radius 3 is 2.09 bits per heavy atom. The molecule has 35 nitrogen and oxygen atoms in total. The van der Waals surface area contributed by atoms with Crippen molar-refractivity contribution in [3.63, 3.8) is 0 Å². The second kappa shape index (κ2) is 42.6. The maximum atomic E-state index is 14.1. The van der Waals surface area contributed by atoms with E-state index in [0.717, 1.165) is 49.4 Å². The van der Waals surface area contributed by atoms with Crippen molar-refractivity contribution in [2.24, 2.45) is 10.8 Å². The van der Waals surface area contributed by atoms with Crippen LogP contribution in [0, 0.1) is 56.1 Å². The number of anilines is 3. The van der Waals surface area contributed by atoms with Gasteiger partial charge in [-0.25, -0.2) is 24.2 Å². The SMILES string of the molecule is CCOC(=O)c1c(Cc2ccccc2)c(Sc2nnnn2-c2ccccc2)n2c(CCNC(=O)C(CC)Oc3ccc(C)cc3C)n[nH]c12.[C-]#[N+]c1c(C#N)c2[nH]nc(-c3cccc(Cc4cc(C(C)(C)CC(C)(C)C)ccc4C)c3)n2c1OC(=O)N1C(=O)C(C)(C)CN1c1ccccc1.[C-]#[N+]c1c(C(F)(F)F)c(Sc2nnnn2CCC(=O)Nc2ccc(NNC=O)cc2)c2nc(C(C)CC)[nH]n12. The predicted molar refractivity (Wildman–Crippen MR) is 517 cm³/mol. The molecule has 716 valence electrons. The fourth-order valence-electron chi connectivity index (χ4n) is 16.5. The molecule has 1 saturated heterocycles. The highest BCUT2D eigenvalue weighted by Crippen LogP contribution is 2.49. The molecule has 16 rings (SSSR count). The minimum absolute atomic E-state index is 0.00191. The van der Waals surface area contributed by atoms with Gasteiger partial charge in [-0.15, -0.1) is 10.2 Å². The largest absolute Gasteiger partial charge is 0.480 e. The molecule has 9 heterocycles. The lowest BCUT2D eigenvalue weighted by atomic mass is 9.72. The summed E-state index contributed by atoms with van der Waals surface area (Å²) in [7, 11) is 0. The Hall–Kier alpha value is -15.9. The molecule has 0 bridgehead atoms. The summed E-state index contributed by atoms with van der Waals surface area (Å²) in [5.74, 6) is -0.288. The van der Waals surface area contributed by atoms with Gasteiger partial charge in [0, 0.05) is 48.5 Å². The normalized spacial score (nSPS) is 12.9. The number of nitrogens with one attached hydrogen (secondary N) is 7. The summed E-state index contributed by atoms with van der Waals surface area (Å²) in [5.41, 5.74) is 15.8. The molecule has 139 heavy (non-hydrogen) atoms. The average Bonchev–Trinajstić information content (AvgIpc) is 1.59. The zero-order valence-corrected chi connectivity index (χ0v) is 80.5. The van der Waals surface area contributed by atoms with Crippen LogP contribution < -0.4 is 36.0 Å².